The molecule has 0 radical (unpaired) electrons. The van der Waals surface area contributed by atoms with Crippen LogP contribution in [0.1, 0.15) is 11.1 Å². The first kappa shape index (κ1) is 9.46. The Hall–Kier alpha value is -1.09. The Morgan fingerprint density at radius 3 is 2.86 bits per heavy atom. The van der Waals surface area contributed by atoms with Crippen molar-refractivity contribution < 1.29 is 0 Å². The van der Waals surface area contributed by atoms with Crippen molar-refractivity contribution in [2.24, 2.45) is 0 Å². The van der Waals surface area contributed by atoms with Crippen molar-refractivity contribution in [1.82, 2.24) is 9.55 Å². The minimum atomic E-state index is 0.875. The zero-order valence-corrected chi connectivity index (χ0v) is 9.53. The van der Waals surface area contributed by atoms with Gasteiger partial charge in [0, 0.05) is 23.4 Å². The monoisotopic (exact) mass is 250 g/mol. The van der Waals surface area contributed by atoms with Gasteiger partial charge in [0.25, 0.3) is 0 Å². The third kappa shape index (κ3) is 2.23. The first-order valence-corrected chi connectivity index (χ1v) is 5.25. The molecule has 2 aromatic rings. The minimum absolute atomic E-state index is 0.875. The van der Waals surface area contributed by atoms with Crippen LogP contribution in [-0.4, -0.2) is 9.55 Å². The first-order valence-electron chi connectivity index (χ1n) is 4.46. The summed E-state index contributed by atoms with van der Waals surface area (Å²) in [6.07, 6.45) is 5.59. The molecule has 72 valence electrons. The van der Waals surface area contributed by atoms with E-state index in [0.29, 0.717) is 0 Å². The maximum Gasteiger partial charge on any atom is 0.0949 e. The summed E-state index contributed by atoms with van der Waals surface area (Å²) in [4.78, 5) is 4.01. The van der Waals surface area contributed by atoms with Crippen molar-refractivity contribution in [3.63, 3.8) is 0 Å². The Balaban J connectivity index is 2.25. The zero-order valence-electron chi connectivity index (χ0n) is 7.94. The molecule has 0 aliphatic rings. The Morgan fingerprint density at radius 1 is 1.36 bits per heavy atom. The van der Waals surface area contributed by atoms with E-state index in [0.717, 1.165) is 11.0 Å². The number of halogens is 1. The second-order valence-electron chi connectivity index (χ2n) is 3.37. The van der Waals surface area contributed by atoms with Gasteiger partial charge in [0.15, 0.2) is 0 Å². The Bertz CT molecular complexity index is 401. The maximum atomic E-state index is 4.01. The molecule has 0 atom stereocenters. The highest BCUT2D eigenvalue weighted by molar-refractivity contribution is 9.10. The molecule has 1 aromatic carbocycles. The number of imidazole rings is 1. The summed E-state index contributed by atoms with van der Waals surface area (Å²) < 4.78 is 3.19. The number of benzene rings is 1. The molecule has 3 heteroatoms. The average Bonchev–Trinajstić information content (AvgIpc) is 2.54. The molecule has 14 heavy (non-hydrogen) atoms. The first-order chi connectivity index (χ1) is 6.74. The van der Waals surface area contributed by atoms with Crippen LogP contribution in [0.15, 0.2) is 41.4 Å². The molecule has 0 aliphatic heterocycles. The van der Waals surface area contributed by atoms with Gasteiger partial charge in [-0.2, -0.15) is 0 Å². The number of nitrogens with zero attached hydrogens (tertiary/aromatic N) is 2. The Morgan fingerprint density at radius 2 is 2.21 bits per heavy atom. The van der Waals surface area contributed by atoms with Gasteiger partial charge >= 0.3 is 0 Å². The quantitative estimate of drug-likeness (QED) is 0.802. The van der Waals surface area contributed by atoms with Crippen LogP contribution in [0.5, 0.6) is 0 Å². The second-order valence-corrected chi connectivity index (χ2v) is 4.29. The lowest BCUT2D eigenvalue weighted by Gasteiger charge is -2.04. The standard InChI is InChI=1S/C11H11BrN2/c1-9-4-10(6-11(12)5-9)7-14-3-2-13-8-14/h2-6,8H,7H2,1H3. The number of hydrogen-bond donors (Lipinski definition) is 0. The van der Waals surface area contributed by atoms with Gasteiger partial charge in [0.05, 0.1) is 6.33 Å². The van der Waals surface area contributed by atoms with E-state index >= 15 is 0 Å². The molecule has 2 nitrogen and oxygen atoms in total. The smallest absolute Gasteiger partial charge is 0.0949 e. The van der Waals surface area contributed by atoms with E-state index in [9.17, 15) is 0 Å². The molecule has 0 N–H and O–H groups in total. The highest BCUT2D eigenvalue weighted by Gasteiger charge is 1.97. The van der Waals surface area contributed by atoms with Gasteiger partial charge in [-0.15, -0.1) is 0 Å². The van der Waals surface area contributed by atoms with Gasteiger partial charge in [-0.05, 0) is 30.2 Å². The van der Waals surface area contributed by atoms with Crippen molar-refractivity contribution in [1.29, 1.82) is 0 Å². The van der Waals surface area contributed by atoms with Crippen LogP contribution in [0, 0.1) is 6.92 Å². The van der Waals surface area contributed by atoms with E-state index in [1.165, 1.54) is 11.1 Å². The van der Waals surface area contributed by atoms with Crippen LogP contribution in [0.25, 0.3) is 0 Å². The summed E-state index contributed by atoms with van der Waals surface area (Å²) >= 11 is 3.49. The summed E-state index contributed by atoms with van der Waals surface area (Å²) in [5.41, 5.74) is 2.56. The van der Waals surface area contributed by atoms with E-state index < -0.39 is 0 Å². The molecule has 0 amide bonds. The largest absolute Gasteiger partial charge is 0.333 e. The van der Waals surface area contributed by atoms with E-state index in [1.807, 2.05) is 12.5 Å². The van der Waals surface area contributed by atoms with Gasteiger partial charge in [-0.3, -0.25) is 0 Å². The van der Waals surface area contributed by atoms with E-state index in [-0.39, 0.29) is 0 Å². The Kier molecular flexibility index (Phi) is 2.68. The van der Waals surface area contributed by atoms with Crippen molar-refractivity contribution in [2.45, 2.75) is 13.5 Å². The fourth-order valence-corrected chi connectivity index (χ4v) is 2.15. The van der Waals surface area contributed by atoms with Gasteiger partial charge in [-0.1, -0.05) is 22.0 Å². The van der Waals surface area contributed by atoms with Gasteiger partial charge in [0.1, 0.15) is 0 Å². The van der Waals surface area contributed by atoms with Crippen LogP contribution in [0.4, 0.5) is 0 Å². The van der Waals surface area contributed by atoms with E-state index in [1.54, 1.807) is 6.20 Å². The number of hydrogen-bond acceptors (Lipinski definition) is 1. The van der Waals surface area contributed by atoms with Crippen LogP contribution in [0.3, 0.4) is 0 Å². The topological polar surface area (TPSA) is 17.8 Å². The molecule has 0 bridgehead atoms. The summed E-state index contributed by atoms with van der Waals surface area (Å²) in [7, 11) is 0. The minimum Gasteiger partial charge on any atom is -0.333 e. The third-order valence-electron chi connectivity index (χ3n) is 2.03. The highest BCUT2D eigenvalue weighted by Crippen LogP contribution is 2.15. The second kappa shape index (κ2) is 3.96. The molecule has 1 aromatic heterocycles. The molecule has 0 spiro atoms. The molecule has 0 saturated heterocycles. The molecule has 0 unspecified atom stereocenters. The number of rotatable bonds is 2. The van der Waals surface area contributed by atoms with E-state index in [2.05, 4.69) is 50.6 Å². The lowest BCUT2D eigenvalue weighted by atomic mass is 10.1. The Labute approximate surface area is 91.7 Å². The zero-order chi connectivity index (χ0) is 9.97. The van der Waals surface area contributed by atoms with Crippen molar-refractivity contribution in [3.8, 4) is 0 Å². The van der Waals surface area contributed by atoms with Crippen molar-refractivity contribution >= 4 is 15.9 Å². The lowest BCUT2D eigenvalue weighted by Crippen LogP contribution is -1.96. The maximum absolute atomic E-state index is 4.01. The predicted octanol–water partition coefficient (Wildman–Crippen LogP) is 3.00. The fourth-order valence-electron chi connectivity index (χ4n) is 1.49. The highest BCUT2D eigenvalue weighted by atomic mass is 79.9. The normalized spacial score (nSPS) is 10.4. The number of aryl methyl sites for hydroxylation is 1. The van der Waals surface area contributed by atoms with Crippen LogP contribution in [-0.2, 0) is 6.54 Å². The van der Waals surface area contributed by atoms with Crippen LogP contribution < -0.4 is 0 Å². The van der Waals surface area contributed by atoms with Crippen LogP contribution >= 0.6 is 15.9 Å². The summed E-state index contributed by atoms with van der Waals surface area (Å²) in [5.74, 6) is 0. The van der Waals surface area contributed by atoms with E-state index in [4.69, 9.17) is 0 Å². The molecule has 2 rings (SSSR count). The summed E-state index contributed by atoms with van der Waals surface area (Å²) in [5, 5.41) is 0. The summed E-state index contributed by atoms with van der Waals surface area (Å²) in [6.45, 7) is 2.97. The molecular formula is C11H11BrN2. The predicted molar refractivity (Wildman–Crippen MR) is 60.2 cm³/mol. The lowest BCUT2D eigenvalue weighted by molar-refractivity contribution is 0.796. The average molecular weight is 251 g/mol. The fraction of sp³-hybridized carbons (Fsp3) is 0.182. The SMILES string of the molecule is Cc1cc(Br)cc(Cn2ccnc2)c1. The van der Waals surface area contributed by atoms with Gasteiger partial charge < -0.3 is 4.57 Å². The van der Waals surface area contributed by atoms with Crippen molar-refractivity contribution in [3.05, 3.63) is 52.5 Å². The number of aromatic nitrogens is 2. The van der Waals surface area contributed by atoms with Crippen molar-refractivity contribution in [2.75, 3.05) is 0 Å². The molecule has 0 saturated carbocycles. The third-order valence-corrected chi connectivity index (χ3v) is 2.48. The van der Waals surface area contributed by atoms with Gasteiger partial charge in [-0.25, -0.2) is 4.98 Å². The van der Waals surface area contributed by atoms with Crippen LogP contribution in [0.2, 0.25) is 0 Å². The summed E-state index contributed by atoms with van der Waals surface area (Å²) in [6, 6.07) is 6.43. The molecule has 0 fully saturated rings. The molecular weight excluding hydrogens is 240 g/mol. The van der Waals surface area contributed by atoms with Gasteiger partial charge in [0.2, 0.25) is 0 Å². The molecule has 0 aliphatic carbocycles. The molecule has 1 heterocycles.